The van der Waals surface area contributed by atoms with Crippen molar-refractivity contribution in [3.63, 3.8) is 0 Å². The lowest BCUT2D eigenvalue weighted by atomic mass is 10.2. The van der Waals surface area contributed by atoms with Gasteiger partial charge in [-0.1, -0.05) is 13.8 Å². The van der Waals surface area contributed by atoms with E-state index in [2.05, 4.69) is 24.2 Å². The van der Waals surface area contributed by atoms with E-state index < -0.39 is 0 Å². The van der Waals surface area contributed by atoms with Crippen LogP contribution in [0.4, 0.5) is 4.79 Å². The Morgan fingerprint density at radius 3 is 2.48 bits per heavy atom. The van der Waals surface area contributed by atoms with Crippen LogP contribution in [-0.2, 0) is 16.0 Å². The maximum Gasteiger partial charge on any atom is 0.409 e. The van der Waals surface area contributed by atoms with Gasteiger partial charge in [0, 0.05) is 44.4 Å². The van der Waals surface area contributed by atoms with E-state index in [9.17, 15) is 9.59 Å². The van der Waals surface area contributed by atoms with Crippen molar-refractivity contribution in [3.05, 3.63) is 16.1 Å². The van der Waals surface area contributed by atoms with Crippen LogP contribution >= 0.6 is 11.3 Å². The Kier molecular flexibility index (Phi) is 6.38. The first kappa shape index (κ1) is 17.7. The predicted octanol–water partition coefficient (Wildman–Crippen LogP) is 2.50. The van der Waals surface area contributed by atoms with E-state index in [-0.39, 0.29) is 12.0 Å². The van der Waals surface area contributed by atoms with Crippen molar-refractivity contribution in [1.29, 1.82) is 0 Å². The molecular formula is C16H25N3O3S. The van der Waals surface area contributed by atoms with E-state index in [1.165, 1.54) is 0 Å². The van der Waals surface area contributed by atoms with Gasteiger partial charge in [0.05, 0.1) is 17.3 Å². The molecule has 0 bridgehead atoms. The Balaban J connectivity index is 1.75. The molecule has 128 valence electrons. The van der Waals surface area contributed by atoms with Crippen LogP contribution in [0.5, 0.6) is 0 Å². The third kappa shape index (κ3) is 4.92. The number of amides is 2. The summed E-state index contributed by atoms with van der Waals surface area (Å²) in [5.74, 6) is 0.557. The second-order valence-electron chi connectivity index (χ2n) is 5.89. The molecule has 1 fully saturated rings. The molecule has 7 heteroatoms. The number of aryl methyl sites for hydroxylation is 1. The molecule has 1 saturated heterocycles. The Morgan fingerprint density at radius 1 is 1.26 bits per heavy atom. The molecule has 0 saturated carbocycles. The Hall–Kier alpha value is -1.63. The fourth-order valence-corrected chi connectivity index (χ4v) is 3.39. The SMILES string of the molecule is CCOC(=O)N1CCN(C(=O)CCc2nc(C(C)C)cs2)CC1. The summed E-state index contributed by atoms with van der Waals surface area (Å²) in [5.41, 5.74) is 1.10. The molecule has 1 aromatic rings. The molecule has 23 heavy (non-hydrogen) atoms. The number of hydrogen-bond donors (Lipinski definition) is 0. The average molecular weight is 339 g/mol. The number of piperazine rings is 1. The summed E-state index contributed by atoms with van der Waals surface area (Å²) >= 11 is 1.63. The number of carbonyl (C=O) groups excluding carboxylic acids is 2. The topological polar surface area (TPSA) is 62.7 Å². The Labute approximate surface area is 141 Å². The van der Waals surface area contributed by atoms with Crippen LogP contribution in [0.3, 0.4) is 0 Å². The minimum atomic E-state index is -0.288. The van der Waals surface area contributed by atoms with Crippen LogP contribution in [0.1, 0.15) is 43.8 Å². The zero-order valence-electron chi connectivity index (χ0n) is 14.1. The molecule has 6 nitrogen and oxygen atoms in total. The lowest BCUT2D eigenvalue weighted by Gasteiger charge is -2.34. The molecular weight excluding hydrogens is 314 g/mol. The fraction of sp³-hybridized carbons (Fsp3) is 0.688. The highest BCUT2D eigenvalue weighted by molar-refractivity contribution is 7.09. The molecule has 0 spiro atoms. The first-order chi connectivity index (χ1) is 11.0. The van der Waals surface area contributed by atoms with E-state index in [4.69, 9.17) is 4.74 Å². The van der Waals surface area contributed by atoms with Gasteiger partial charge >= 0.3 is 6.09 Å². The standard InChI is InChI=1S/C16H25N3O3S/c1-4-22-16(21)19-9-7-18(8-10-19)15(20)6-5-14-17-13(11-23-14)12(2)3/h11-12H,4-10H2,1-3H3. The predicted molar refractivity (Wildman–Crippen MR) is 89.7 cm³/mol. The number of hydrogen-bond acceptors (Lipinski definition) is 5. The molecule has 2 rings (SSSR count). The number of ether oxygens (including phenoxy) is 1. The molecule has 0 unspecified atom stereocenters. The van der Waals surface area contributed by atoms with Crippen LogP contribution in [0.15, 0.2) is 5.38 Å². The van der Waals surface area contributed by atoms with E-state index in [1.54, 1.807) is 23.2 Å². The molecule has 0 atom stereocenters. The van der Waals surface area contributed by atoms with Crippen molar-refractivity contribution in [2.75, 3.05) is 32.8 Å². The third-order valence-electron chi connectivity index (χ3n) is 3.87. The first-order valence-electron chi connectivity index (χ1n) is 8.15. The molecule has 1 aromatic heterocycles. The smallest absolute Gasteiger partial charge is 0.409 e. The number of aromatic nitrogens is 1. The molecule has 0 radical (unpaired) electrons. The zero-order chi connectivity index (χ0) is 16.8. The maximum absolute atomic E-state index is 12.3. The summed E-state index contributed by atoms with van der Waals surface area (Å²) in [5, 5.41) is 3.09. The van der Waals surface area contributed by atoms with Gasteiger partial charge in [0.25, 0.3) is 0 Å². The number of carbonyl (C=O) groups is 2. The van der Waals surface area contributed by atoms with Gasteiger partial charge in [-0.05, 0) is 12.8 Å². The Bertz CT molecular complexity index is 536. The first-order valence-corrected chi connectivity index (χ1v) is 9.03. The highest BCUT2D eigenvalue weighted by Gasteiger charge is 2.24. The van der Waals surface area contributed by atoms with Gasteiger partial charge in [0.1, 0.15) is 0 Å². The minimum Gasteiger partial charge on any atom is -0.450 e. The molecule has 0 aliphatic carbocycles. The lowest BCUT2D eigenvalue weighted by molar-refractivity contribution is -0.132. The molecule has 2 heterocycles. The van der Waals surface area contributed by atoms with Crippen molar-refractivity contribution >= 4 is 23.3 Å². The van der Waals surface area contributed by atoms with Gasteiger partial charge in [-0.15, -0.1) is 11.3 Å². The number of nitrogens with zero attached hydrogens (tertiary/aromatic N) is 3. The average Bonchev–Trinajstić information content (AvgIpc) is 3.02. The summed E-state index contributed by atoms with van der Waals surface area (Å²) in [6.45, 7) is 8.64. The Morgan fingerprint density at radius 2 is 1.91 bits per heavy atom. The highest BCUT2D eigenvalue weighted by atomic mass is 32.1. The number of rotatable bonds is 5. The van der Waals surface area contributed by atoms with Gasteiger partial charge < -0.3 is 14.5 Å². The quantitative estimate of drug-likeness (QED) is 0.827. The number of thiazole rings is 1. The van der Waals surface area contributed by atoms with Crippen LogP contribution in [0.2, 0.25) is 0 Å². The second kappa shape index (κ2) is 8.29. The van der Waals surface area contributed by atoms with Crippen LogP contribution in [-0.4, -0.2) is 59.6 Å². The molecule has 0 aromatic carbocycles. The van der Waals surface area contributed by atoms with E-state index in [0.717, 1.165) is 10.7 Å². The highest BCUT2D eigenvalue weighted by Crippen LogP contribution is 2.19. The fourth-order valence-electron chi connectivity index (χ4n) is 2.43. The lowest BCUT2D eigenvalue weighted by Crippen LogP contribution is -2.50. The van der Waals surface area contributed by atoms with Gasteiger partial charge in [-0.25, -0.2) is 9.78 Å². The molecule has 1 aliphatic heterocycles. The van der Waals surface area contributed by atoms with E-state index in [0.29, 0.717) is 51.5 Å². The van der Waals surface area contributed by atoms with Gasteiger partial charge in [0.2, 0.25) is 5.91 Å². The van der Waals surface area contributed by atoms with Crippen molar-refractivity contribution in [2.24, 2.45) is 0 Å². The van der Waals surface area contributed by atoms with E-state index in [1.807, 2.05) is 4.90 Å². The normalized spacial score (nSPS) is 15.1. The van der Waals surface area contributed by atoms with E-state index >= 15 is 0 Å². The molecule has 1 aliphatic rings. The monoisotopic (exact) mass is 339 g/mol. The maximum atomic E-state index is 12.3. The van der Waals surface area contributed by atoms with Gasteiger partial charge in [-0.2, -0.15) is 0 Å². The van der Waals surface area contributed by atoms with Crippen molar-refractivity contribution in [2.45, 2.75) is 39.5 Å². The zero-order valence-corrected chi connectivity index (χ0v) is 14.9. The van der Waals surface area contributed by atoms with Crippen molar-refractivity contribution in [3.8, 4) is 0 Å². The van der Waals surface area contributed by atoms with Crippen LogP contribution in [0, 0.1) is 0 Å². The summed E-state index contributed by atoms with van der Waals surface area (Å²) in [7, 11) is 0. The summed E-state index contributed by atoms with van der Waals surface area (Å²) in [6.07, 6.45) is 0.877. The van der Waals surface area contributed by atoms with Crippen LogP contribution < -0.4 is 0 Å². The molecule has 2 amide bonds. The summed E-state index contributed by atoms with van der Waals surface area (Å²) in [4.78, 5) is 32.0. The summed E-state index contributed by atoms with van der Waals surface area (Å²) in [6, 6.07) is 0. The van der Waals surface area contributed by atoms with Gasteiger partial charge in [0.15, 0.2) is 0 Å². The third-order valence-corrected chi connectivity index (χ3v) is 4.80. The van der Waals surface area contributed by atoms with Gasteiger partial charge in [-0.3, -0.25) is 4.79 Å². The minimum absolute atomic E-state index is 0.134. The van der Waals surface area contributed by atoms with Crippen molar-refractivity contribution < 1.29 is 14.3 Å². The second-order valence-corrected chi connectivity index (χ2v) is 6.83. The van der Waals surface area contributed by atoms with Crippen LogP contribution in [0.25, 0.3) is 0 Å². The largest absolute Gasteiger partial charge is 0.450 e. The van der Waals surface area contributed by atoms with Crippen molar-refractivity contribution in [1.82, 2.24) is 14.8 Å². The summed E-state index contributed by atoms with van der Waals surface area (Å²) < 4.78 is 4.98. The molecule has 0 N–H and O–H groups in total.